The fourth-order valence-corrected chi connectivity index (χ4v) is 2.63. The molecule has 0 aromatic carbocycles. The molecule has 80 valence electrons. The minimum Gasteiger partial charge on any atom is -0.264 e. The van der Waals surface area contributed by atoms with Crippen LogP contribution in [0.3, 0.4) is 0 Å². The highest BCUT2D eigenvalue weighted by atomic mass is 32.2. The average Bonchev–Trinajstić information content (AvgIpc) is 2.81. The van der Waals surface area contributed by atoms with Crippen molar-refractivity contribution in [1.82, 2.24) is 4.98 Å². The lowest BCUT2D eigenvalue weighted by atomic mass is 10.2. The average molecular weight is 237 g/mol. The Morgan fingerprint density at radius 2 is 2.00 bits per heavy atom. The van der Waals surface area contributed by atoms with Crippen LogP contribution in [0.25, 0.3) is 10.4 Å². The molecule has 0 amide bonds. The van der Waals surface area contributed by atoms with Crippen molar-refractivity contribution in [1.29, 1.82) is 0 Å². The lowest BCUT2D eigenvalue weighted by Crippen LogP contribution is -1.72. The van der Waals surface area contributed by atoms with Gasteiger partial charge in [-0.3, -0.25) is 4.98 Å². The number of pyridine rings is 1. The van der Waals surface area contributed by atoms with Gasteiger partial charge in [-0.25, -0.2) is 0 Å². The smallest absolute Gasteiger partial charge is 0.0602 e. The Bertz CT molecular complexity index is 382. The number of hydrogen-bond acceptors (Lipinski definition) is 3. The van der Waals surface area contributed by atoms with Crippen molar-refractivity contribution in [2.45, 2.75) is 18.1 Å². The van der Waals surface area contributed by atoms with Crippen LogP contribution in [-0.2, 0) is 0 Å². The van der Waals surface area contributed by atoms with Crippen LogP contribution in [0.2, 0.25) is 0 Å². The fourth-order valence-electron chi connectivity index (χ4n) is 1.09. The van der Waals surface area contributed by atoms with E-state index < -0.39 is 0 Å². The van der Waals surface area contributed by atoms with Gasteiger partial charge in [0.1, 0.15) is 0 Å². The van der Waals surface area contributed by atoms with Gasteiger partial charge in [0.2, 0.25) is 0 Å². The summed E-state index contributed by atoms with van der Waals surface area (Å²) in [5.41, 5.74) is 1.20. The highest BCUT2D eigenvalue weighted by molar-refractivity contribution is 8.00. The zero-order valence-corrected chi connectivity index (χ0v) is 10.9. The monoisotopic (exact) mass is 237 g/mol. The highest BCUT2D eigenvalue weighted by Crippen LogP contribution is 2.32. The zero-order valence-electron chi connectivity index (χ0n) is 9.23. The molecule has 0 radical (unpaired) electrons. The van der Waals surface area contributed by atoms with E-state index in [1.807, 2.05) is 37.4 Å². The molecule has 1 nitrogen and oxygen atoms in total. The van der Waals surface area contributed by atoms with Crippen molar-refractivity contribution in [3.63, 3.8) is 0 Å². The van der Waals surface area contributed by atoms with E-state index in [-0.39, 0.29) is 0 Å². The summed E-state index contributed by atoms with van der Waals surface area (Å²) in [6, 6.07) is 8.35. The molecule has 0 saturated carbocycles. The van der Waals surface area contributed by atoms with Crippen molar-refractivity contribution >= 4 is 23.1 Å². The van der Waals surface area contributed by atoms with Gasteiger partial charge in [-0.2, -0.15) is 0 Å². The van der Waals surface area contributed by atoms with E-state index >= 15 is 0 Å². The Balaban J connectivity index is 0.000000531. The molecule has 2 rings (SSSR count). The van der Waals surface area contributed by atoms with Gasteiger partial charge in [0.05, 0.1) is 4.21 Å². The molecule has 0 aliphatic carbocycles. The molecular weight excluding hydrogens is 222 g/mol. The molecule has 0 bridgehead atoms. The molecular formula is C12H15NS2. The normalized spacial score (nSPS) is 9.27. The Morgan fingerprint density at radius 1 is 1.20 bits per heavy atom. The summed E-state index contributed by atoms with van der Waals surface area (Å²) < 4.78 is 1.35. The van der Waals surface area contributed by atoms with Gasteiger partial charge in [-0.15, -0.1) is 23.1 Å². The second-order valence-corrected chi connectivity index (χ2v) is 4.75. The molecule has 15 heavy (non-hydrogen) atoms. The van der Waals surface area contributed by atoms with Crippen LogP contribution < -0.4 is 0 Å². The predicted molar refractivity (Wildman–Crippen MR) is 70.7 cm³/mol. The third-order valence-electron chi connectivity index (χ3n) is 1.73. The van der Waals surface area contributed by atoms with Gasteiger partial charge in [-0.05, 0) is 24.5 Å². The zero-order chi connectivity index (χ0) is 11.1. The predicted octanol–water partition coefficient (Wildman–Crippen LogP) is 4.56. The minimum atomic E-state index is 1.20. The van der Waals surface area contributed by atoms with Crippen molar-refractivity contribution in [2.24, 2.45) is 0 Å². The quantitative estimate of drug-likeness (QED) is 0.710. The van der Waals surface area contributed by atoms with Gasteiger partial charge in [-0.1, -0.05) is 19.9 Å². The van der Waals surface area contributed by atoms with E-state index in [1.54, 1.807) is 18.0 Å². The van der Waals surface area contributed by atoms with Crippen LogP contribution in [0.4, 0.5) is 0 Å². The van der Waals surface area contributed by atoms with Gasteiger partial charge in [0.25, 0.3) is 0 Å². The summed E-state index contributed by atoms with van der Waals surface area (Å²) in [5, 5.41) is 0. The topological polar surface area (TPSA) is 12.9 Å². The molecule has 2 aromatic rings. The van der Waals surface area contributed by atoms with Gasteiger partial charge in [0.15, 0.2) is 0 Å². The van der Waals surface area contributed by atoms with Crippen molar-refractivity contribution < 1.29 is 0 Å². The van der Waals surface area contributed by atoms with Gasteiger partial charge < -0.3 is 0 Å². The lowest BCUT2D eigenvalue weighted by Gasteiger charge is -1.93. The molecule has 2 aromatic heterocycles. The third kappa shape index (κ3) is 3.36. The van der Waals surface area contributed by atoms with Crippen LogP contribution in [0, 0.1) is 0 Å². The maximum absolute atomic E-state index is 4.10. The molecule has 0 aliphatic heterocycles. The summed E-state index contributed by atoms with van der Waals surface area (Å²) in [5.74, 6) is 0. The number of hydrogen-bond donors (Lipinski definition) is 0. The van der Waals surface area contributed by atoms with E-state index in [9.17, 15) is 0 Å². The number of nitrogens with zero attached hydrogens (tertiary/aromatic N) is 1. The Kier molecular flexibility index (Phi) is 5.43. The fraction of sp³-hybridized carbons (Fsp3) is 0.250. The van der Waals surface area contributed by atoms with Crippen molar-refractivity contribution in [3.8, 4) is 10.4 Å². The van der Waals surface area contributed by atoms with E-state index in [1.165, 1.54) is 14.6 Å². The molecule has 0 fully saturated rings. The van der Waals surface area contributed by atoms with Crippen molar-refractivity contribution in [2.75, 3.05) is 6.26 Å². The second kappa shape index (κ2) is 6.64. The molecule has 0 saturated heterocycles. The number of thioether (sulfide) groups is 1. The summed E-state index contributed by atoms with van der Waals surface area (Å²) in [6.45, 7) is 4.00. The van der Waals surface area contributed by atoms with Crippen LogP contribution in [0.15, 0.2) is 40.9 Å². The maximum Gasteiger partial charge on any atom is 0.0602 e. The number of aromatic nitrogens is 1. The molecule has 0 atom stereocenters. The first kappa shape index (κ1) is 12.3. The lowest BCUT2D eigenvalue weighted by molar-refractivity contribution is 1.33. The standard InChI is InChI=1S/C10H9NS2.C2H6/c1-12-10-5-4-9(13-10)8-3-2-6-11-7-8;1-2/h2-7H,1H3;1-2H3. The first-order chi connectivity index (χ1) is 7.40. The van der Waals surface area contributed by atoms with E-state index in [4.69, 9.17) is 0 Å². The summed E-state index contributed by atoms with van der Waals surface area (Å²) in [4.78, 5) is 5.39. The Labute approximate surface area is 99.6 Å². The minimum absolute atomic E-state index is 1.20. The molecule has 2 heterocycles. The van der Waals surface area contributed by atoms with Crippen LogP contribution in [0.1, 0.15) is 13.8 Å². The number of thiophene rings is 1. The molecule has 0 unspecified atom stereocenters. The maximum atomic E-state index is 4.10. The number of rotatable bonds is 2. The third-order valence-corrected chi connectivity index (χ3v) is 3.95. The molecule has 0 aliphatic rings. The van der Waals surface area contributed by atoms with Crippen LogP contribution in [-0.4, -0.2) is 11.2 Å². The first-order valence-electron chi connectivity index (χ1n) is 4.94. The van der Waals surface area contributed by atoms with Gasteiger partial charge in [0, 0.05) is 22.8 Å². The highest BCUT2D eigenvalue weighted by Gasteiger charge is 2.00. The summed E-state index contributed by atoms with van der Waals surface area (Å²) in [6.07, 6.45) is 5.79. The largest absolute Gasteiger partial charge is 0.264 e. The van der Waals surface area contributed by atoms with Crippen LogP contribution >= 0.6 is 23.1 Å². The Hall–Kier alpha value is -0.800. The van der Waals surface area contributed by atoms with E-state index in [0.717, 1.165) is 0 Å². The molecule has 3 heteroatoms. The summed E-state index contributed by atoms with van der Waals surface area (Å²) >= 11 is 3.59. The SMILES string of the molecule is CC.CSc1ccc(-c2cccnc2)s1. The molecule has 0 spiro atoms. The van der Waals surface area contributed by atoms with E-state index in [0.29, 0.717) is 0 Å². The Morgan fingerprint density at radius 3 is 2.53 bits per heavy atom. The second-order valence-electron chi connectivity index (χ2n) is 2.56. The van der Waals surface area contributed by atoms with E-state index in [2.05, 4.69) is 29.4 Å². The molecule has 0 N–H and O–H groups in total. The van der Waals surface area contributed by atoms with Gasteiger partial charge >= 0.3 is 0 Å². The first-order valence-corrected chi connectivity index (χ1v) is 6.98. The van der Waals surface area contributed by atoms with Crippen molar-refractivity contribution in [3.05, 3.63) is 36.7 Å². The summed E-state index contributed by atoms with van der Waals surface area (Å²) in [7, 11) is 0. The van der Waals surface area contributed by atoms with Crippen LogP contribution in [0.5, 0.6) is 0 Å².